The van der Waals surface area contributed by atoms with Crippen LogP contribution in [-0.2, 0) is 22.5 Å². The van der Waals surface area contributed by atoms with Crippen LogP contribution >= 0.6 is 0 Å². The fourth-order valence-electron chi connectivity index (χ4n) is 2.01. The Kier molecular flexibility index (Phi) is 6.51. The van der Waals surface area contributed by atoms with Gasteiger partial charge in [0.05, 0.1) is 20.0 Å². The molecule has 118 valence electrons. The minimum absolute atomic E-state index is 0.117. The molecule has 5 nitrogen and oxygen atoms in total. The van der Waals surface area contributed by atoms with Crippen molar-refractivity contribution in [2.45, 2.75) is 25.7 Å². The highest BCUT2D eigenvalue weighted by molar-refractivity contribution is 5.75. The van der Waals surface area contributed by atoms with Crippen LogP contribution in [0.1, 0.15) is 24.2 Å². The number of benzene rings is 1. The van der Waals surface area contributed by atoms with Gasteiger partial charge in [0.1, 0.15) is 11.5 Å². The van der Waals surface area contributed by atoms with E-state index in [-0.39, 0.29) is 5.91 Å². The van der Waals surface area contributed by atoms with Crippen molar-refractivity contribution >= 4 is 5.91 Å². The number of amides is 1. The van der Waals surface area contributed by atoms with Crippen molar-refractivity contribution in [3.63, 3.8) is 0 Å². The van der Waals surface area contributed by atoms with Gasteiger partial charge in [-0.15, -0.1) is 0 Å². The molecule has 0 saturated heterocycles. The monoisotopic (exact) mass is 303 g/mol. The molecule has 0 fully saturated rings. The number of hydrogen-bond donors (Lipinski definition) is 1. The Morgan fingerprint density at radius 1 is 1.18 bits per heavy atom. The summed E-state index contributed by atoms with van der Waals surface area (Å²) in [4.78, 5) is 16.8. The van der Waals surface area contributed by atoms with Crippen LogP contribution in [0.4, 0.5) is 0 Å². The van der Waals surface area contributed by atoms with E-state index in [1.54, 1.807) is 13.4 Å². The van der Waals surface area contributed by atoms with Crippen molar-refractivity contribution in [1.82, 2.24) is 5.48 Å². The Morgan fingerprint density at radius 2 is 2.00 bits per heavy atom. The maximum atomic E-state index is 11.7. The number of furan rings is 1. The number of rotatable bonds is 9. The lowest BCUT2D eigenvalue weighted by Gasteiger charge is -2.06. The predicted octanol–water partition coefficient (Wildman–Crippen LogP) is 2.90. The van der Waals surface area contributed by atoms with Gasteiger partial charge in [0, 0.05) is 12.8 Å². The van der Waals surface area contributed by atoms with E-state index in [9.17, 15) is 4.79 Å². The zero-order valence-electron chi connectivity index (χ0n) is 12.7. The first-order valence-electron chi connectivity index (χ1n) is 7.34. The highest BCUT2D eigenvalue weighted by atomic mass is 16.6. The topological polar surface area (TPSA) is 60.7 Å². The standard InChI is InChI=1S/C17H21NO4/c1-20-15-9-6-14(7-10-15)8-11-17(19)18-22-13-3-5-16-4-2-12-21-16/h2,4,6-7,9-10,12H,3,5,8,11,13H2,1H3,(H,18,19). The van der Waals surface area contributed by atoms with Crippen molar-refractivity contribution in [3.05, 3.63) is 54.0 Å². The van der Waals surface area contributed by atoms with E-state index in [0.717, 1.165) is 29.9 Å². The average molecular weight is 303 g/mol. The van der Waals surface area contributed by atoms with Crippen molar-refractivity contribution in [2.75, 3.05) is 13.7 Å². The van der Waals surface area contributed by atoms with Crippen LogP contribution in [0.3, 0.4) is 0 Å². The van der Waals surface area contributed by atoms with E-state index in [1.165, 1.54) is 0 Å². The molecule has 0 aliphatic heterocycles. The largest absolute Gasteiger partial charge is 0.497 e. The fourth-order valence-corrected chi connectivity index (χ4v) is 2.01. The summed E-state index contributed by atoms with van der Waals surface area (Å²) in [5.41, 5.74) is 3.55. The number of aryl methyl sites for hydroxylation is 2. The number of nitrogens with one attached hydrogen (secondary N) is 1. The summed E-state index contributed by atoms with van der Waals surface area (Å²) in [5.74, 6) is 1.62. The van der Waals surface area contributed by atoms with Gasteiger partial charge in [0.25, 0.3) is 0 Å². The second kappa shape index (κ2) is 8.89. The van der Waals surface area contributed by atoms with Gasteiger partial charge < -0.3 is 9.15 Å². The number of carbonyl (C=O) groups excluding carboxylic acids is 1. The molecule has 0 saturated carbocycles. The molecule has 0 aliphatic carbocycles. The van der Waals surface area contributed by atoms with Gasteiger partial charge in [0.15, 0.2) is 0 Å². The van der Waals surface area contributed by atoms with Crippen LogP contribution in [-0.4, -0.2) is 19.6 Å². The smallest absolute Gasteiger partial charge is 0.243 e. The quantitative estimate of drug-likeness (QED) is 0.571. The maximum absolute atomic E-state index is 11.7. The van der Waals surface area contributed by atoms with E-state index in [0.29, 0.717) is 19.4 Å². The molecule has 1 amide bonds. The summed E-state index contributed by atoms with van der Waals surface area (Å²) in [6.07, 6.45) is 4.31. The molecule has 0 radical (unpaired) electrons. The molecule has 22 heavy (non-hydrogen) atoms. The Labute approximate surface area is 130 Å². The SMILES string of the molecule is COc1ccc(CCC(=O)NOCCCc2ccco2)cc1. The molecule has 1 aromatic carbocycles. The van der Waals surface area contributed by atoms with E-state index in [2.05, 4.69) is 5.48 Å². The van der Waals surface area contributed by atoms with Crippen molar-refractivity contribution in [2.24, 2.45) is 0 Å². The summed E-state index contributed by atoms with van der Waals surface area (Å²) >= 11 is 0. The lowest BCUT2D eigenvalue weighted by atomic mass is 10.1. The number of hydroxylamine groups is 1. The fraction of sp³-hybridized carbons (Fsp3) is 0.353. The molecule has 2 aromatic rings. The van der Waals surface area contributed by atoms with Gasteiger partial charge in [0.2, 0.25) is 5.91 Å². The average Bonchev–Trinajstić information content (AvgIpc) is 3.06. The number of carbonyl (C=O) groups is 1. The lowest BCUT2D eigenvalue weighted by molar-refractivity contribution is -0.133. The van der Waals surface area contributed by atoms with Crippen LogP contribution in [0.25, 0.3) is 0 Å². The normalized spacial score (nSPS) is 10.4. The Balaban J connectivity index is 1.55. The molecule has 0 atom stereocenters. The van der Waals surface area contributed by atoms with Crippen LogP contribution in [0.15, 0.2) is 47.1 Å². The van der Waals surface area contributed by atoms with Crippen LogP contribution in [0.2, 0.25) is 0 Å². The van der Waals surface area contributed by atoms with Gasteiger partial charge in [-0.2, -0.15) is 0 Å². The third-order valence-electron chi connectivity index (χ3n) is 3.24. The second-order valence-corrected chi connectivity index (χ2v) is 4.90. The first-order valence-corrected chi connectivity index (χ1v) is 7.34. The molecular weight excluding hydrogens is 282 g/mol. The third-order valence-corrected chi connectivity index (χ3v) is 3.24. The van der Waals surface area contributed by atoms with Gasteiger partial charge in [-0.25, -0.2) is 5.48 Å². The zero-order valence-corrected chi connectivity index (χ0v) is 12.7. The molecule has 1 aromatic heterocycles. The molecule has 0 bridgehead atoms. The van der Waals surface area contributed by atoms with Gasteiger partial charge in [-0.3, -0.25) is 9.63 Å². The minimum Gasteiger partial charge on any atom is -0.497 e. The van der Waals surface area contributed by atoms with Gasteiger partial charge >= 0.3 is 0 Å². The van der Waals surface area contributed by atoms with Gasteiger partial charge in [-0.05, 0) is 42.7 Å². The predicted molar refractivity (Wildman–Crippen MR) is 82.4 cm³/mol. The Hall–Kier alpha value is -2.27. The van der Waals surface area contributed by atoms with Crippen LogP contribution in [0.5, 0.6) is 5.75 Å². The molecule has 5 heteroatoms. The summed E-state index contributed by atoms with van der Waals surface area (Å²) in [7, 11) is 1.63. The van der Waals surface area contributed by atoms with Crippen molar-refractivity contribution < 1.29 is 18.8 Å². The second-order valence-electron chi connectivity index (χ2n) is 4.90. The number of methoxy groups -OCH3 is 1. The minimum atomic E-state index is -0.117. The Bertz CT molecular complexity index is 549. The summed E-state index contributed by atoms with van der Waals surface area (Å²) in [6, 6.07) is 11.5. The highest BCUT2D eigenvalue weighted by Gasteiger charge is 2.03. The van der Waals surface area contributed by atoms with Crippen LogP contribution in [0, 0.1) is 0 Å². The van der Waals surface area contributed by atoms with Crippen molar-refractivity contribution in [3.8, 4) is 5.75 Å². The molecule has 0 unspecified atom stereocenters. The number of ether oxygens (including phenoxy) is 1. The molecule has 1 heterocycles. The van der Waals surface area contributed by atoms with E-state index < -0.39 is 0 Å². The molecule has 0 spiro atoms. The lowest BCUT2D eigenvalue weighted by Crippen LogP contribution is -2.24. The molecule has 2 rings (SSSR count). The van der Waals surface area contributed by atoms with E-state index in [1.807, 2.05) is 36.4 Å². The molecular formula is C17H21NO4. The molecule has 0 aliphatic rings. The maximum Gasteiger partial charge on any atom is 0.243 e. The first kappa shape index (κ1) is 16.1. The first-order chi connectivity index (χ1) is 10.8. The Morgan fingerprint density at radius 3 is 2.68 bits per heavy atom. The highest BCUT2D eigenvalue weighted by Crippen LogP contribution is 2.12. The van der Waals surface area contributed by atoms with E-state index >= 15 is 0 Å². The zero-order chi connectivity index (χ0) is 15.6. The van der Waals surface area contributed by atoms with Crippen LogP contribution < -0.4 is 10.2 Å². The summed E-state index contributed by atoms with van der Waals surface area (Å²) in [6.45, 7) is 0.467. The summed E-state index contributed by atoms with van der Waals surface area (Å²) in [5, 5.41) is 0. The number of hydrogen-bond acceptors (Lipinski definition) is 4. The summed E-state index contributed by atoms with van der Waals surface area (Å²) < 4.78 is 10.3. The van der Waals surface area contributed by atoms with Crippen molar-refractivity contribution in [1.29, 1.82) is 0 Å². The third kappa shape index (κ3) is 5.61. The molecule has 1 N–H and O–H groups in total. The van der Waals surface area contributed by atoms with E-state index in [4.69, 9.17) is 14.0 Å². The van der Waals surface area contributed by atoms with Gasteiger partial charge in [-0.1, -0.05) is 12.1 Å².